The van der Waals surface area contributed by atoms with Gasteiger partial charge in [-0.15, -0.1) is 0 Å². The maximum atomic E-state index is 12.5. The molecule has 0 aromatic heterocycles. The summed E-state index contributed by atoms with van der Waals surface area (Å²) in [6.45, 7) is 9.23. The lowest BCUT2D eigenvalue weighted by Crippen LogP contribution is -2.40. The monoisotopic (exact) mass is 523 g/mol. The van der Waals surface area contributed by atoms with Gasteiger partial charge in [0, 0.05) is 32.1 Å². The van der Waals surface area contributed by atoms with Crippen LogP contribution in [-0.4, -0.2) is 50.6 Å². The Balaban J connectivity index is 1.66. The fraction of sp³-hybridized carbons (Fsp3) is 0.500. The molecular formula is C28H37N5O3S. The molecule has 2 heterocycles. The zero-order valence-corrected chi connectivity index (χ0v) is 22.7. The number of anilines is 1. The molecule has 0 aliphatic carbocycles. The van der Waals surface area contributed by atoms with Gasteiger partial charge >= 0.3 is 0 Å². The number of nitriles is 1. The minimum atomic E-state index is -3.19. The Kier molecular flexibility index (Phi) is 8.22. The smallest absolute Gasteiger partial charge is 0.250 e. The molecule has 8 nitrogen and oxygen atoms in total. The second-order valence-corrected chi connectivity index (χ2v) is 12.8. The molecule has 0 bridgehead atoms. The molecule has 37 heavy (non-hydrogen) atoms. The average Bonchev–Trinajstić information content (AvgIpc) is 3.31. The number of sulfonamides is 1. The molecule has 1 saturated heterocycles. The number of hydrogen-bond donors (Lipinski definition) is 3. The SMILES string of the molecule is CCS(=O)(=O)N1CCC(C2CNc3c(C(N)=O)cc(-c4cc(C#N)cc(CNCC(C)C)c4)cc32)CC1. The number of hydrogen-bond acceptors (Lipinski definition) is 6. The lowest BCUT2D eigenvalue weighted by Gasteiger charge is -2.34. The van der Waals surface area contributed by atoms with Gasteiger partial charge in [-0.05, 0) is 90.7 Å². The molecule has 0 spiro atoms. The summed E-state index contributed by atoms with van der Waals surface area (Å²) in [5, 5.41) is 16.5. The Morgan fingerprint density at radius 2 is 1.89 bits per heavy atom. The number of piperidine rings is 1. The highest BCUT2D eigenvalue weighted by Crippen LogP contribution is 2.44. The lowest BCUT2D eigenvalue weighted by molar-refractivity contribution is 0.100. The first kappa shape index (κ1) is 27.1. The zero-order valence-electron chi connectivity index (χ0n) is 21.9. The first-order valence-electron chi connectivity index (χ1n) is 13.1. The van der Waals surface area contributed by atoms with Crippen LogP contribution in [0.2, 0.25) is 0 Å². The fourth-order valence-corrected chi connectivity index (χ4v) is 6.66. The van der Waals surface area contributed by atoms with Crippen molar-refractivity contribution in [1.29, 1.82) is 5.26 Å². The first-order valence-corrected chi connectivity index (χ1v) is 14.7. The van der Waals surface area contributed by atoms with Crippen molar-refractivity contribution in [3.8, 4) is 17.2 Å². The van der Waals surface area contributed by atoms with Crippen molar-refractivity contribution in [2.24, 2.45) is 17.6 Å². The Hall–Kier alpha value is -2.93. The summed E-state index contributed by atoms with van der Waals surface area (Å²) in [7, 11) is -3.19. The number of carbonyl (C=O) groups excluding carboxylic acids is 1. The van der Waals surface area contributed by atoms with Crippen LogP contribution in [0.25, 0.3) is 11.1 Å². The van der Waals surface area contributed by atoms with Crippen LogP contribution in [-0.2, 0) is 16.6 Å². The third-order valence-electron chi connectivity index (χ3n) is 7.50. The van der Waals surface area contributed by atoms with Crippen LogP contribution in [0.3, 0.4) is 0 Å². The van der Waals surface area contributed by atoms with Gasteiger partial charge in [0.2, 0.25) is 10.0 Å². The summed E-state index contributed by atoms with van der Waals surface area (Å²) in [5.41, 5.74) is 11.4. The number of fused-ring (bicyclic) bond motifs is 1. The second kappa shape index (κ2) is 11.2. The van der Waals surface area contributed by atoms with E-state index in [-0.39, 0.29) is 11.7 Å². The molecule has 2 aliphatic heterocycles. The van der Waals surface area contributed by atoms with Gasteiger partial charge in [-0.1, -0.05) is 13.8 Å². The van der Waals surface area contributed by atoms with Crippen molar-refractivity contribution in [1.82, 2.24) is 9.62 Å². The molecule has 2 aromatic carbocycles. The van der Waals surface area contributed by atoms with Crippen LogP contribution in [0.1, 0.15) is 66.6 Å². The van der Waals surface area contributed by atoms with E-state index in [4.69, 9.17) is 5.73 Å². The number of primary amides is 1. The Morgan fingerprint density at radius 3 is 2.51 bits per heavy atom. The molecule has 0 radical (unpaired) electrons. The number of benzene rings is 2. The van der Waals surface area contributed by atoms with Gasteiger partial charge in [-0.25, -0.2) is 12.7 Å². The van der Waals surface area contributed by atoms with Crippen molar-refractivity contribution in [2.75, 3.05) is 37.2 Å². The van der Waals surface area contributed by atoms with E-state index in [1.807, 2.05) is 18.2 Å². The molecule has 4 rings (SSSR count). The Labute approximate surface area is 220 Å². The quantitative estimate of drug-likeness (QED) is 0.460. The van der Waals surface area contributed by atoms with Crippen molar-refractivity contribution in [3.05, 3.63) is 52.6 Å². The van der Waals surface area contributed by atoms with Crippen LogP contribution < -0.4 is 16.4 Å². The van der Waals surface area contributed by atoms with E-state index in [1.165, 1.54) is 0 Å². The minimum absolute atomic E-state index is 0.119. The van der Waals surface area contributed by atoms with Crippen LogP contribution >= 0.6 is 0 Å². The van der Waals surface area contributed by atoms with E-state index >= 15 is 0 Å². The molecular weight excluding hydrogens is 486 g/mol. The van der Waals surface area contributed by atoms with E-state index in [0.29, 0.717) is 49.1 Å². The fourth-order valence-electron chi connectivity index (χ4n) is 5.53. The van der Waals surface area contributed by atoms with E-state index in [9.17, 15) is 18.5 Å². The van der Waals surface area contributed by atoms with Crippen molar-refractivity contribution in [2.45, 2.75) is 46.1 Å². The molecule has 1 fully saturated rings. The maximum absolute atomic E-state index is 12.5. The molecule has 4 N–H and O–H groups in total. The van der Waals surface area contributed by atoms with Crippen LogP contribution in [0.15, 0.2) is 30.3 Å². The molecule has 198 valence electrons. The largest absolute Gasteiger partial charge is 0.384 e. The summed E-state index contributed by atoms with van der Waals surface area (Å²) in [6.07, 6.45) is 1.55. The number of nitrogens with two attached hydrogens (primary N) is 1. The van der Waals surface area contributed by atoms with Crippen LogP contribution in [0.4, 0.5) is 5.69 Å². The Bertz CT molecular complexity index is 1310. The van der Waals surface area contributed by atoms with Crippen molar-refractivity contribution >= 4 is 21.6 Å². The van der Waals surface area contributed by atoms with E-state index < -0.39 is 15.9 Å². The minimum Gasteiger partial charge on any atom is -0.384 e. The lowest BCUT2D eigenvalue weighted by atomic mass is 9.80. The highest BCUT2D eigenvalue weighted by atomic mass is 32.2. The van der Waals surface area contributed by atoms with Gasteiger partial charge in [-0.3, -0.25) is 4.79 Å². The summed E-state index contributed by atoms with van der Waals surface area (Å²) >= 11 is 0. The summed E-state index contributed by atoms with van der Waals surface area (Å²) in [6, 6.07) is 12.0. The third-order valence-corrected chi connectivity index (χ3v) is 9.38. The summed E-state index contributed by atoms with van der Waals surface area (Å²) in [5.74, 6) is 0.602. The average molecular weight is 524 g/mol. The molecule has 1 unspecified atom stereocenters. The van der Waals surface area contributed by atoms with Crippen LogP contribution in [0.5, 0.6) is 0 Å². The third kappa shape index (κ3) is 5.98. The van der Waals surface area contributed by atoms with E-state index in [1.54, 1.807) is 11.2 Å². The van der Waals surface area contributed by atoms with Crippen LogP contribution in [0, 0.1) is 23.2 Å². The van der Waals surface area contributed by atoms with Gasteiger partial charge < -0.3 is 16.4 Å². The first-order chi connectivity index (χ1) is 17.6. The molecule has 1 atom stereocenters. The normalized spacial score (nSPS) is 18.4. The van der Waals surface area contributed by atoms with E-state index in [2.05, 4.69) is 42.7 Å². The molecule has 2 aliphatic rings. The highest BCUT2D eigenvalue weighted by Gasteiger charge is 2.36. The molecule has 9 heteroatoms. The maximum Gasteiger partial charge on any atom is 0.250 e. The van der Waals surface area contributed by atoms with Crippen molar-refractivity contribution in [3.63, 3.8) is 0 Å². The summed E-state index contributed by atoms with van der Waals surface area (Å²) < 4.78 is 26.2. The number of nitrogens with one attached hydrogen (secondary N) is 2. The predicted octanol–water partition coefficient (Wildman–Crippen LogP) is 3.64. The van der Waals surface area contributed by atoms with Gasteiger partial charge in [-0.2, -0.15) is 5.26 Å². The van der Waals surface area contributed by atoms with Crippen molar-refractivity contribution < 1.29 is 13.2 Å². The number of rotatable bonds is 9. The predicted molar refractivity (Wildman–Crippen MR) is 147 cm³/mol. The van der Waals surface area contributed by atoms with Gasteiger partial charge in [0.05, 0.1) is 28.6 Å². The molecule has 2 aromatic rings. The van der Waals surface area contributed by atoms with Gasteiger partial charge in [0.1, 0.15) is 0 Å². The van der Waals surface area contributed by atoms with Gasteiger partial charge in [0.15, 0.2) is 0 Å². The standard InChI is InChI=1S/C28H37N5O3S/c1-4-37(35,36)33-7-5-21(6-8-33)26-17-32-27-24(26)12-23(13-25(27)28(30)34)22-10-19(14-29)9-20(11-22)16-31-15-18(2)3/h9-13,18,21,26,31-32H,4-8,15-17H2,1-3H3,(H2,30,34). The summed E-state index contributed by atoms with van der Waals surface area (Å²) in [4.78, 5) is 12.5. The number of amides is 1. The topological polar surface area (TPSA) is 128 Å². The second-order valence-electron chi connectivity index (χ2n) is 10.5. The number of nitrogens with zero attached hydrogens (tertiary/aromatic N) is 2. The molecule has 1 amide bonds. The highest BCUT2D eigenvalue weighted by molar-refractivity contribution is 7.89. The number of carbonyl (C=O) groups is 1. The Morgan fingerprint density at radius 1 is 1.19 bits per heavy atom. The zero-order chi connectivity index (χ0) is 26.7. The van der Waals surface area contributed by atoms with E-state index in [0.717, 1.165) is 47.3 Å². The molecule has 0 saturated carbocycles. The van der Waals surface area contributed by atoms with Gasteiger partial charge in [0.25, 0.3) is 5.91 Å².